The topological polar surface area (TPSA) is 32.3 Å². The molecule has 1 N–H and O–H groups in total. The molecular weight excluding hydrogens is 248 g/mol. The minimum Gasteiger partial charge on any atom is -0.335 e. The summed E-state index contributed by atoms with van der Waals surface area (Å²) in [6.07, 6.45) is 1.69. The summed E-state index contributed by atoms with van der Waals surface area (Å²) in [6, 6.07) is 7.17. The van der Waals surface area contributed by atoms with Crippen molar-refractivity contribution in [3.8, 4) is 0 Å². The molecule has 2 aliphatic heterocycles. The van der Waals surface area contributed by atoms with Gasteiger partial charge in [-0.3, -0.25) is 4.79 Å². The van der Waals surface area contributed by atoms with Crippen LogP contribution in [0, 0.1) is 19.8 Å². The lowest BCUT2D eigenvalue weighted by Crippen LogP contribution is -2.43. The molecule has 1 aromatic rings. The predicted octanol–water partition coefficient (Wildman–Crippen LogP) is 2.05. The first-order valence-corrected chi connectivity index (χ1v) is 7.64. The van der Waals surface area contributed by atoms with Crippen molar-refractivity contribution in [3.05, 3.63) is 34.9 Å². The van der Waals surface area contributed by atoms with E-state index >= 15 is 0 Å². The first-order valence-electron chi connectivity index (χ1n) is 7.64. The van der Waals surface area contributed by atoms with Crippen molar-refractivity contribution < 1.29 is 4.79 Å². The number of likely N-dealkylation sites (tertiary alicyclic amines) is 1. The van der Waals surface area contributed by atoms with E-state index in [0.717, 1.165) is 25.1 Å². The van der Waals surface area contributed by atoms with Crippen molar-refractivity contribution in [3.63, 3.8) is 0 Å². The van der Waals surface area contributed by atoms with Gasteiger partial charge in [0, 0.05) is 25.2 Å². The second kappa shape index (κ2) is 5.21. The Kier molecular flexibility index (Phi) is 3.55. The fourth-order valence-corrected chi connectivity index (χ4v) is 3.77. The van der Waals surface area contributed by atoms with Gasteiger partial charge in [0.15, 0.2) is 0 Å². The molecule has 3 unspecified atom stereocenters. The van der Waals surface area contributed by atoms with E-state index in [4.69, 9.17) is 0 Å². The van der Waals surface area contributed by atoms with E-state index in [1.165, 1.54) is 11.1 Å². The number of amides is 1. The summed E-state index contributed by atoms with van der Waals surface area (Å²) < 4.78 is 0. The van der Waals surface area contributed by atoms with Crippen LogP contribution in [0.15, 0.2) is 18.2 Å². The van der Waals surface area contributed by atoms with Crippen LogP contribution < -0.4 is 5.32 Å². The average molecular weight is 272 g/mol. The molecule has 0 spiro atoms. The molecule has 3 atom stereocenters. The van der Waals surface area contributed by atoms with Gasteiger partial charge >= 0.3 is 0 Å². The largest absolute Gasteiger partial charge is 0.335 e. The quantitative estimate of drug-likeness (QED) is 0.893. The minimum atomic E-state index is 0.289. The van der Waals surface area contributed by atoms with Crippen LogP contribution in [-0.2, 0) is 11.2 Å². The van der Waals surface area contributed by atoms with Crippen molar-refractivity contribution in [2.24, 2.45) is 5.92 Å². The molecule has 0 bridgehead atoms. The molecule has 2 heterocycles. The van der Waals surface area contributed by atoms with Crippen molar-refractivity contribution in [1.29, 1.82) is 0 Å². The van der Waals surface area contributed by atoms with E-state index in [1.807, 2.05) is 0 Å². The normalized spacial score (nSPS) is 28.8. The minimum absolute atomic E-state index is 0.289. The van der Waals surface area contributed by atoms with Crippen LogP contribution in [-0.4, -0.2) is 36.0 Å². The molecule has 3 rings (SSSR count). The van der Waals surface area contributed by atoms with Crippen molar-refractivity contribution >= 4 is 5.91 Å². The van der Waals surface area contributed by atoms with Gasteiger partial charge in [0.2, 0.25) is 5.91 Å². The van der Waals surface area contributed by atoms with Gasteiger partial charge in [0.05, 0.1) is 6.42 Å². The monoisotopic (exact) mass is 272 g/mol. The molecule has 108 valence electrons. The summed E-state index contributed by atoms with van der Waals surface area (Å²) >= 11 is 0. The molecule has 0 aliphatic carbocycles. The molecule has 0 aromatic heterocycles. The smallest absolute Gasteiger partial charge is 0.227 e. The van der Waals surface area contributed by atoms with Gasteiger partial charge in [-0.2, -0.15) is 0 Å². The highest BCUT2D eigenvalue weighted by molar-refractivity contribution is 5.80. The molecule has 3 heteroatoms. The molecule has 2 saturated heterocycles. The van der Waals surface area contributed by atoms with Crippen LogP contribution in [0.5, 0.6) is 0 Å². The Morgan fingerprint density at radius 1 is 1.30 bits per heavy atom. The third-order valence-corrected chi connectivity index (χ3v) is 4.99. The van der Waals surface area contributed by atoms with E-state index in [2.05, 4.69) is 49.2 Å². The molecule has 2 aliphatic rings. The third-order valence-electron chi connectivity index (χ3n) is 4.99. The van der Waals surface area contributed by atoms with Crippen LogP contribution in [0.3, 0.4) is 0 Å². The highest BCUT2D eigenvalue weighted by atomic mass is 16.2. The van der Waals surface area contributed by atoms with Gasteiger partial charge in [-0.25, -0.2) is 0 Å². The summed E-state index contributed by atoms with van der Waals surface area (Å²) in [5.74, 6) is 0.950. The van der Waals surface area contributed by atoms with E-state index in [1.54, 1.807) is 0 Å². The van der Waals surface area contributed by atoms with E-state index in [0.29, 0.717) is 24.4 Å². The highest BCUT2D eigenvalue weighted by Crippen LogP contribution is 2.32. The van der Waals surface area contributed by atoms with Crippen LogP contribution in [0.25, 0.3) is 0 Å². The Labute approximate surface area is 121 Å². The average Bonchev–Trinajstić information content (AvgIpc) is 2.93. The van der Waals surface area contributed by atoms with Crippen LogP contribution in [0.2, 0.25) is 0 Å². The van der Waals surface area contributed by atoms with Gasteiger partial charge in [-0.15, -0.1) is 0 Å². The predicted molar refractivity (Wildman–Crippen MR) is 80.7 cm³/mol. The maximum atomic E-state index is 12.7. The van der Waals surface area contributed by atoms with E-state index in [-0.39, 0.29) is 5.91 Å². The van der Waals surface area contributed by atoms with Crippen LogP contribution in [0.4, 0.5) is 0 Å². The lowest BCUT2D eigenvalue weighted by Gasteiger charge is -2.28. The second-order valence-corrected chi connectivity index (χ2v) is 6.47. The van der Waals surface area contributed by atoms with Crippen LogP contribution in [0.1, 0.15) is 30.0 Å². The highest BCUT2D eigenvalue weighted by Gasteiger charge is 2.43. The van der Waals surface area contributed by atoms with Crippen LogP contribution >= 0.6 is 0 Å². The molecular formula is C17H24N2O. The third kappa shape index (κ3) is 2.35. The Hall–Kier alpha value is -1.35. The van der Waals surface area contributed by atoms with E-state index in [9.17, 15) is 4.79 Å². The fraction of sp³-hybridized carbons (Fsp3) is 0.588. The number of carbonyl (C=O) groups is 1. The van der Waals surface area contributed by atoms with Crippen molar-refractivity contribution in [1.82, 2.24) is 10.2 Å². The number of hydrogen-bond donors (Lipinski definition) is 1. The fourth-order valence-electron chi connectivity index (χ4n) is 3.77. The number of aryl methyl sites for hydroxylation is 2. The Balaban J connectivity index is 1.74. The Morgan fingerprint density at radius 2 is 2.10 bits per heavy atom. The molecule has 1 aromatic carbocycles. The van der Waals surface area contributed by atoms with Gasteiger partial charge in [0.25, 0.3) is 0 Å². The second-order valence-electron chi connectivity index (χ2n) is 6.47. The maximum absolute atomic E-state index is 12.7. The first kappa shape index (κ1) is 13.6. The lowest BCUT2D eigenvalue weighted by atomic mass is 10.0. The zero-order valence-corrected chi connectivity index (χ0v) is 12.6. The van der Waals surface area contributed by atoms with Gasteiger partial charge in [0.1, 0.15) is 0 Å². The van der Waals surface area contributed by atoms with E-state index < -0.39 is 0 Å². The van der Waals surface area contributed by atoms with Gasteiger partial charge in [-0.1, -0.05) is 18.2 Å². The molecule has 0 radical (unpaired) electrons. The SMILES string of the molecule is Cc1ccc(CC(=O)N2C(C)CC3CNCC32)cc1C. The summed E-state index contributed by atoms with van der Waals surface area (Å²) in [5, 5.41) is 3.42. The zero-order valence-electron chi connectivity index (χ0n) is 12.6. The number of hydrogen-bond acceptors (Lipinski definition) is 2. The zero-order chi connectivity index (χ0) is 14.3. The maximum Gasteiger partial charge on any atom is 0.227 e. The summed E-state index contributed by atoms with van der Waals surface area (Å²) in [5.41, 5.74) is 3.70. The van der Waals surface area contributed by atoms with Gasteiger partial charge in [-0.05, 0) is 49.8 Å². The number of carbonyl (C=O) groups excluding carboxylic acids is 1. The number of rotatable bonds is 2. The van der Waals surface area contributed by atoms with Crippen molar-refractivity contribution in [2.75, 3.05) is 13.1 Å². The number of nitrogens with zero attached hydrogens (tertiary/aromatic N) is 1. The summed E-state index contributed by atoms with van der Waals surface area (Å²) in [7, 11) is 0. The Morgan fingerprint density at radius 3 is 2.85 bits per heavy atom. The Bertz CT molecular complexity index is 526. The number of fused-ring (bicyclic) bond motifs is 1. The molecule has 20 heavy (non-hydrogen) atoms. The number of benzene rings is 1. The molecule has 0 saturated carbocycles. The molecule has 2 fully saturated rings. The van der Waals surface area contributed by atoms with Crippen molar-refractivity contribution in [2.45, 2.75) is 45.7 Å². The summed E-state index contributed by atoms with van der Waals surface area (Å²) in [4.78, 5) is 14.8. The number of nitrogens with one attached hydrogen (secondary N) is 1. The first-order chi connectivity index (χ1) is 9.56. The summed E-state index contributed by atoms with van der Waals surface area (Å²) in [6.45, 7) is 8.45. The molecule has 3 nitrogen and oxygen atoms in total. The van der Waals surface area contributed by atoms with Gasteiger partial charge < -0.3 is 10.2 Å². The standard InChI is InChI=1S/C17H24N2O/c1-11-4-5-14(6-12(11)2)8-17(20)19-13(3)7-15-9-18-10-16(15)19/h4-6,13,15-16,18H,7-10H2,1-3H3. The molecule has 1 amide bonds. The lowest BCUT2D eigenvalue weighted by molar-refractivity contribution is -0.133.